The van der Waals surface area contributed by atoms with Gasteiger partial charge in [0.25, 0.3) is 0 Å². The number of nitrogens with two attached hydrogens (primary N) is 1. The van der Waals surface area contributed by atoms with E-state index in [2.05, 4.69) is 39.5 Å². The van der Waals surface area contributed by atoms with Gasteiger partial charge in [0.1, 0.15) is 0 Å². The Labute approximate surface area is 112 Å². The van der Waals surface area contributed by atoms with Crippen LogP contribution < -0.4 is 5.73 Å². The van der Waals surface area contributed by atoms with E-state index in [1.807, 2.05) is 11.6 Å². The normalized spacial score (nSPS) is 11.0. The van der Waals surface area contributed by atoms with Gasteiger partial charge in [0.2, 0.25) is 0 Å². The van der Waals surface area contributed by atoms with Gasteiger partial charge in [-0.25, -0.2) is 4.98 Å². The lowest BCUT2D eigenvalue weighted by atomic mass is 10.2. The van der Waals surface area contributed by atoms with Crippen molar-refractivity contribution in [3.8, 4) is 0 Å². The first-order valence-corrected chi connectivity index (χ1v) is 7.16. The van der Waals surface area contributed by atoms with Gasteiger partial charge in [-0.05, 0) is 18.5 Å². The summed E-state index contributed by atoms with van der Waals surface area (Å²) in [4.78, 5) is 6.75. The predicted molar refractivity (Wildman–Crippen MR) is 76.3 cm³/mol. The van der Waals surface area contributed by atoms with Crippen molar-refractivity contribution in [2.24, 2.45) is 5.73 Å². The highest BCUT2D eigenvalue weighted by Crippen LogP contribution is 2.10. The Hall–Kier alpha value is -1.23. The maximum Gasteiger partial charge on any atom is 0.0795 e. The molecular formula is C14H19N3S. The molecule has 1 aromatic heterocycles. The molecule has 0 fully saturated rings. The molecule has 0 aliphatic heterocycles. The Morgan fingerprint density at radius 2 is 2.00 bits per heavy atom. The van der Waals surface area contributed by atoms with E-state index < -0.39 is 0 Å². The fraction of sp³-hybridized carbons (Fsp3) is 0.357. The van der Waals surface area contributed by atoms with Crippen molar-refractivity contribution in [3.63, 3.8) is 0 Å². The highest BCUT2D eigenvalue weighted by atomic mass is 32.1. The molecule has 0 unspecified atom stereocenters. The molecule has 96 valence electrons. The first-order chi connectivity index (χ1) is 8.88. The van der Waals surface area contributed by atoms with Crippen molar-refractivity contribution in [2.45, 2.75) is 19.5 Å². The summed E-state index contributed by atoms with van der Waals surface area (Å²) in [5, 5.41) is 2.11. The molecule has 0 radical (unpaired) electrons. The molecule has 3 nitrogen and oxygen atoms in total. The van der Waals surface area contributed by atoms with Crippen LogP contribution >= 0.6 is 11.3 Å². The molecule has 2 N–H and O–H groups in total. The first-order valence-electron chi connectivity index (χ1n) is 6.22. The molecule has 0 aliphatic carbocycles. The van der Waals surface area contributed by atoms with E-state index in [9.17, 15) is 0 Å². The SMILES string of the molecule is NCCCN(Cc1ccccc1)Cc1cscn1. The first kappa shape index (κ1) is 13.2. The van der Waals surface area contributed by atoms with Crippen molar-refractivity contribution in [2.75, 3.05) is 13.1 Å². The molecule has 4 heteroatoms. The molecule has 0 amide bonds. The van der Waals surface area contributed by atoms with E-state index in [4.69, 9.17) is 5.73 Å². The predicted octanol–water partition coefficient (Wildman–Crippen LogP) is 2.49. The van der Waals surface area contributed by atoms with Crippen molar-refractivity contribution >= 4 is 11.3 Å². The minimum atomic E-state index is 0.738. The fourth-order valence-corrected chi connectivity index (χ4v) is 2.46. The highest BCUT2D eigenvalue weighted by molar-refractivity contribution is 7.07. The van der Waals surface area contributed by atoms with Crippen molar-refractivity contribution in [3.05, 3.63) is 52.5 Å². The van der Waals surface area contributed by atoms with Crippen LogP contribution in [0.1, 0.15) is 17.7 Å². The summed E-state index contributed by atoms with van der Waals surface area (Å²) >= 11 is 1.65. The molecule has 0 spiro atoms. The smallest absolute Gasteiger partial charge is 0.0795 e. The van der Waals surface area contributed by atoms with Crippen LogP contribution in [0.2, 0.25) is 0 Å². The van der Waals surface area contributed by atoms with Gasteiger partial charge in [0.15, 0.2) is 0 Å². The Morgan fingerprint density at radius 3 is 2.67 bits per heavy atom. The third-order valence-electron chi connectivity index (χ3n) is 2.80. The second-order valence-electron chi connectivity index (χ2n) is 4.32. The second-order valence-corrected chi connectivity index (χ2v) is 5.04. The largest absolute Gasteiger partial charge is 0.330 e. The Morgan fingerprint density at radius 1 is 1.17 bits per heavy atom. The molecule has 18 heavy (non-hydrogen) atoms. The molecule has 0 aliphatic rings. The van der Waals surface area contributed by atoms with Crippen molar-refractivity contribution in [1.82, 2.24) is 9.88 Å². The topological polar surface area (TPSA) is 42.1 Å². The lowest BCUT2D eigenvalue weighted by Crippen LogP contribution is -2.25. The number of benzene rings is 1. The van der Waals surface area contributed by atoms with Crippen molar-refractivity contribution < 1.29 is 0 Å². The third kappa shape index (κ3) is 4.22. The quantitative estimate of drug-likeness (QED) is 0.832. The number of thiazole rings is 1. The lowest BCUT2D eigenvalue weighted by molar-refractivity contribution is 0.252. The van der Waals surface area contributed by atoms with Gasteiger partial charge in [-0.15, -0.1) is 11.3 Å². The summed E-state index contributed by atoms with van der Waals surface area (Å²) in [5.74, 6) is 0. The summed E-state index contributed by atoms with van der Waals surface area (Å²) in [6.07, 6.45) is 1.02. The zero-order chi connectivity index (χ0) is 12.6. The van der Waals surface area contributed by atoms with Gasteiger partial charge >= 0.3 is 0 Å². The van der Waals surface area contributed by atoms with Crippen LogP contribution in [-0.2, 0) is 13.1 Å². The number of hydrogen-bond acceptors (Lipinski definition) is 4. The number of nitrogens with zero attached hydrogens (tertiary/aromatic N) is 2. The zero-order valence-electron chi connectivity index (χ0n) is 10.5. The molecule has 0 bridgehead atoms. The molecule has 0 atom stereocenters. The molecule has 0 saturated carbocycles. The summed E-state index contributed by atoms with van der Waals surface area (Å²) < 4.78 is 0. The van der Waals surface area contributed by atoms with E-state index in [1.54, 1.807) is 11.3 Å². The van der Waals surface area contributed by atoms with Gasteiger partial charge in [-0.1, -0.05) is 30.3 Å². The number of hydrogen-bond donors (Lipinski definition) is 1. The summed E-state index contributed by atoms with van der Waals surface area (Å²) in [6.45, 7) is 3.61. The van der Waals surface area contributed by atoms with Crippen LogP contribution in [0.25, 0.3) is 0 Å². The third-order valence-corrected chi connectivity index (χ3v) is 3.43. The monoisotopic (exact) mass is 261 g/mol. The summed E-state index contributed by atoms with van der Waals surface area (Å²) in [6, 6.07) is 10.5. The van der Waals surface area contributed by atoms with E-state index in [-0.39, 0.29) is 0 Å². The molecular weight excluding hydrogens is 242 g/mol. The standard InChI is InChI=1S/C14H19N3S/c15-7-4-8-17(10-14-11-18-12-16-14)9-13-5-2-1-3-6-13/h1-3,5-6,11-12H,4,7-10,15H2. The summed E-state index contributed by atoms with van der Waals surface area (Å²) in [7, 11) is 0. The van der Waals surface area contributed by atoms with E-state index in [0.29, 0.717) is 0 Å². The van der Waals surface area contributed by atoms with Gasteiger partial charge in [0, 0.05) is 25.0 Å². The molecule has 1 aromatic carbocycles. The number of rotatable bonds is 7. The summed E-state index contributed by atoms with van der Waals surface area (Å²) in [5.41, 5.74) is 9.98. The van der Waals surface area contributed by atoms with Crippen molar-refractivity contribution in [1.29, 1.82) is 0 Å². The Balaban J connectivity index is 1.96. The molecule has 2 aromatic rings. The van der Waals surface area contributed by atoms with Crippen LogP contribution in [0.5, 0.6) is 0 Å². The maximum absolute atomic E-state index is 5.60. The van der Waals surface area contributed by atoms with E-state index >= 15 is 0 Å². The molecule has 2 rings (SSSR count). The van der Waals surface area contributed by atoms with Crippen LogP contribution in [0.4, 0.5) is 0 Å². The number of aromatic nitrogens is 1. The van der Waals surface area contributed by atoms with Gasteiger partial charge < -0.3 is 5.73 Å². The van der Waals surface area contributed by atoms with Crippen LogP contribution in [0.3, 0.4) is 0 Å². The molecule has 0 saturated heterocycles. The minimum absolute atomic E-state index is 0.738. The fourth-order valence-electron chi connectivity index (χ4n) is 1.92. The van der Waals surface area contributed by atoms with Gasteiger partial charge in [-0.3, -0.25) is 4.90 Å². The Bertz CT molecular complexity index is 428. The van der Waals surface area contributed by atoms with Gasteiger partial charge in [-0.2, -0.15) is 0 Å². The zero-order valence-corrected chi connectivity index (χ0v) is 11.3. The average molecular weight is 261 g/mol. The van der Waals surface area contributed by atoms with Crippen LogP contribution in [-0.4, -0.2) is 23.0 Å². The average Bonchev–Trinajstić information content (AvgIpc) is 2.90. The van der Waals surface area contributed by atoms with Crippen LogP contribution in [0.15, 0.2) is 41.2 Å². The second kappa shape index (κ2) is 7.26. The van der Waals surface area contributed by atoms with E-state index in [1.165, 1.54) is 5.56 Å². The molecule has 1 heterocycles. The van der Waals surface area contributed by atoms with E-state index in [0.717, 1.165) is 38.3 Å². The lowest BCUT2D eigenvalue weighted by Gasteiger charge is -2.21. The van der Waals surface area contributed by atoms with Gasteiger partial charge in [0.05, 0.1) is 11.2 Å². The Kier molecular flexibility index (Phi) is 5.33. The maximum atomic E-state index is 5.60. The van der Waals surface area contributed by atoms with Crippen LogP contribution in [0, 0.1) is 0 Å². The highest BCUT2D eigenvalue weighted by Gasteiger charge is 2.07. The minimum Gasteiger partial charge on any atom is -0.330 e.